The van der Waals surface area contributed by atoms with Gasteiger partial charge in [-0.2, -0.15) is 4.31 Å². The molecule has 9 heteroatoms. The number of hydrogen-bond acceptors (Lipinski definition) is 5. The van der Waals surface area contributed by atoms with Crippen molar-refractivity contribution in [1.29, 1.82) is 0 Å². The number of sulfonamides is 1. The molecular formula is C12H14N4O4S. The van der Waals surface area contributed by atoms with Crippen molar-refractivity contribution in [3.63, 3.8) is 0 Å². The summed E-state index contributed by atoms with van der Waals surface area (Å²) in [5.41, 5.74) is -0.988. The average Bonchev–Trinajstić information content (AvgIpc) is 2.51. The topological polar surface area (TPSA) is 115 Å². The summed E-state index contributed by atoms with van der Waals surface area (Å²) in [6, 6.07) is 3.97. The van der Waals surface area contributed by atoms with Crippen LogP contribution in [0.5, 0.6) is 0 Å². The second-order valence-electron chi connectivity index (χ2n) is 4.77. The predicted molar refractivity (Wildman–Crippen MR) is 76.8 cm³/mol. The number of piperazine rings is 1. The molecule has 2 heterocycles. The molecule has 8 nitrogen and oxygen atoms in total. The van der Waals surface area contributed by atoms with E-state index < -0.39 is 21.1 Å². The highest BCUT2D eigenvalue weighted by Gasteiger charge is 2.26. The number of rotatable bonds is 2. The van der Waals surface area contributed by atoms with Gasteiger partial charge in [0.1, 0.15) is 0 Å². The van der Waals surface area contributed by atoms with E-state index in [1.165, 1.54) is 22.5 Å². The van der Waals surface area contributed by atoms with Crippen molar-refractivity contribution in [3.05, 3.63) is 38.9 Å². The summed E-state index contributed by atoms with van der Waals surface area (Å²) < 4.78 is 26.4. The normalized spacial score (nSPS) is 17.1. The van der Waals surface area contributed by atoms with E-state index in [1.807, 2.05) is 0 Å². The van der Waals surface area contributed by atoms with Crippen molar-refractivity contribution < 1.29 is 8.42 Å². The summed E-state index contributed by atoms with van der Waals surface area (Å²) in [6.07, 6.45) is 0. The van der Waals surface area contributed by atoms with Gasteiger partial charge in [-0.05, 0) is 18.2 Å². The highest BCUT2D eigenvalue weighted by molar-refractivity contribution is 7.89. The zero-order chi connectivity index (χ0) is 15.0. The van der Waals surface area contributed by atoms with Gasteiger partial charge in [-0.25, -0.2) is 8.42 Å². The Hall–Kier alpha value is -1.97. The fourth-order valence-electron chi connectivity index (χ4n) is 2.35. The second kappa shape index (κ2) is 5.10. The predicted octanol–water partition coefficient (Wildman–Crippen LogP) is -1.19. The Labute approximate surface area is 119 Å². The third kappa shape index (κ3) is 2.39. The number of aromatic nitrogens is 2. The Morgan fingerprint density at radius 2 is 1.57 bits per heavy atom. The minimum Gasteiger partial charge on any atom is -0.314 e. The van der Waals surface area contributed by atoms with Crippen LogP contribution in [0.1, 0.15) is 0 Å². The van der Waals surface area contributed by atoms with E-state index >= 15 is 0 Å². The van der Waals surface area contributed by atoms with E-state index in [4.69, 9.17) is 0 Å². The van der Waals surface area contributed by atoms with E-state index in [-0.39, 0.29) is 15.7 Å². The zero-order valence-electron chi connectivity index (χ0n) is 11.0. The van der Waals surface area contributed by atoms with Gasteiger partial charge in [0.2, 0.25) is 10.0 Å². The first-order chi connectivity index (χ1) is 10.00. The highest BCUT2D eigenvalue weighted by Crippen LogP contribution is 2.18. The van der Waals surface area contributed by atoms with Crippen LogP contribution in [-0.2, 0) is 10.0 Å². The second-order valence-corrected chi connectivity index (χ2v) is 6.71. The lowest BCUT2D eigenvalue weighted by Crippen LogP contribution is -2.46. The van der Waals surface area contributed by atoms with Crippen LogP contribution in [-0.4, -0.2) is 49.1 Å². The molecule has 3 rings (SSSR count). The molecular weight excluding hydrogens is 296 g/mol. The van der Waals surface area contributed by atoms with Crippen molar-refractivity contribution in [1.82, 2.24) is 19.8 Å². The highest BCUT2D eigenvalue weighted by atomic mass is 32.2. The molecule has 0 bridgehead atoms. The molecule has 3 N–H and O–H groups in total. The molecule has 0 atom stereocenters. The van der Waals surface area contributed by atoms with Crippen molar-refractivity contribution in [2.75, 3.05) is 26.2 Å². The molecule has 1 fully saturated rings. The summed E-state index contributed by atoms with van der Waals surface area (Å²) in [5.74, 6) is 0. The van der Waals surface area contributed by atoms with Gasteiger partial charge in [-0.3, -0.25) is 19.8 Å². The van der Waals surface area contributed by atoms with E-state index in [2.05, 4.69) is 15.5 Å². The molecule has 0 unspecified atom stereocenters. The number of nitrogens with zero attached hydrogens (tertiary/aromatic N) is 1. The molecule has 21 heavy (non-hydrogen) atoms. The first kappa shape index (κ1) is 14.0. The van der Waals surface area contributed by atoms with Crippen LogP contribution in [0.2, 0.25) is 0 Å². The van der Waals surface area contributed by atoms with Gasteiger partial charge in [0, 0.05) is 26.2 Å². The summed E-state index contributed by atoms with van der Waals surface area (Å²) >= 11 is 0. The maximum atomic E-state index is 12.5. The molecule has 1 aliphatic heterocycles. The minimum atomic E-state index is -3.65. The Balaban J connectivity index is 2.15. The maximum absolute atomic E-state index is 12.5. The molecule has 0 spiro atoms. The largest absolute Gasteiger partial charge is 0.314 e. The third-order valence-corrected chi connectivity index (χ3v) is 5.38. The first-order valence-electron chi connectivity index (χ1n) is 6.46. The van der Waals surface area contributed by atoms with Gasteiger partial charge in [-0.1, -0.05) is 0 Å². The van der Waals surface area contributed by atoms with E-state index in [9.17, 15) is 18.0 Å². The first-order valence-corrected chi connectivity index (χ1v) is 7.90. The van der Waals surface area contributed by atoms with Crippen molar-refractivity contribution >= 4 is 20.8 Å². The molecule has 2 aromatic rings. The minimum absolute atomic E-state index is 0.0213. The lowest BCUT2D eigenvalue weighted by atomic mass is 10.2. The molecule has 1 aromatic carbocycles. The Kier molecular flexibility index (Phi) is 3.40. The number of hydrogen-bond donors (Lipinski definition) is 3. The fourth-order valence-corrected chi connectivity index (χ4v) is 3.82. The lowest BCUT2D eigenvalue weighted by molar-refractivity contribution is 0.360. The molecule has 0 aliphatic carbocycles. The van der Waals surface area contributed by atoms with Gasteiger partial charge in [0.25, 0.3) is 11.1 Å². The van der Waals surface area contributed by atoms with Crippen molar-refractivity contribution in [2.24, 2.45) is 0 Å². The summed E-state index contributed by atoms with van der Waals surface area (Å²) in [4.78, 5) is 23.4. The molecule has 1 aromatic heterocycles. The smallest absolute Gasteiger partial charge is 0.270 e. The standard InChI is InChI=1S/C12H14N4O4S/c17-11-9-2-1-8(7-10(9)12(18)15-14-11)21(19,20)16-5-3-13-4-6-16/h1-2,7,13H,3-6H2,(H,14,17)(H,15,18). The molecule has 1 aliphatic rings. The van der Waals surface area contributed by atoms with Crippen LogP contribution in [0.3, 0.4) is 0 Å². The van der Waals surface area contributed by atoms with Crippen LogP contribution < -0.4 is 16.4 Å². The SMILES string of the molecule is O=c1[nH][nH]c(=O)c2cc(S(=O)(=O)N3CCNCC3)ccc12. The Morgan fingerprint density at radius 3 is 2.24 bits per heavy atom. The Morgan fingerprint density at radius 1 is 0.952 bits per heavy atom. The summed E-state index contributed by atoms with van der Waals surface area (Å²) in [7, 11) is -3.65. The zero-order valence-corrected chi connectivity index (χ0v) is 11.9. The van der Waals surface area contributed by atoms with E-state index in [0.717, 1.165) is 0 Å². The maximum Gasteiger partial charge on any atom is 0.270 e. The van der Waals surface area contributed by atoms with Gasteiger partial charge in [0.05, 0.1) is 15.7 Å². The van der Waals surface area contributed by atoms with Crippen molar-refractivity contribution in [2.45, 2.75) is 4.90 Å². The third-order valence-electron chi connectivity index (χ3n) is 3.48. The number of aromatic amines is 2. The number of nitrogens with one attached hydrogen (secondary N) is 3. The summed E-state index contributed by atoms with van der Waals surface area (Å²) in [5, 5.41) is 7.70. The van der Waals surface area contributed by atoms with Crippen LogP contribution in [0.25, 0.3) is 10.8 Å². The van der Waals surface area contributed by atoms with Gasteiger partial charge < -0.3 is 5.32 Å². The van der Waals surface area contributed by atoms with Crippen molar-refractivity contribution in [3.8, 4) is 0 Å². The van der Waals surface area contributed by atoms with Gasteiger partial charge in [-0.15, -0.1) is 0 Å². The Bertz CT molecular complexity index is 893. The van der Waals surface area contributed by atoms with Crippen LogP contribution in [0.15, 0.2) is 32.7 Å². The van der Waals surface area contributed by atoms with Crippen LogP contribution >= 0.6 is 0 Å². The molecule has 0 radical (unpaired) electrons. The molecule has 112 valence electrons. The number of H-pyrrole nitrogens is 2. The van der Waals surface area contributed by atoms with Crippen LogP contribution in [0.4, 0.5) is 0 Å². The van der Waals surface area contributed by atoms with Gasteiger partial charge in [0.15, 0.2) is 0 Å². The molecule has 0 saturated carbocycles. The number of benzene rings is 1. The van der Waals surface area contributed by atoms with E-state index in [0.29, 0.717) is 26.2 Å². The monoisotopic (exact) mass is 310 g/mol. The molecule has 0 amide bonds. The fraction of sp³-hybridized carbons (Fsp3) is 0.333. The van der Waals surface area contributed by atoms with E-state index in [1.54, 1.807) is 0 Å². The van der Waals surface area contributed by atoms with Gasteiger partial charge >= 0.3 is 0 Å². The molecule has 1 saturated heterocycles. The lowest BCUT2D eigenvalue weighted by Gasteiger charge is -2.26. The quantitative estimate of drug-likeness (QED) is 0.645. The average molecular weight is 310 g/mol. The number of fused-ring (bicyclic) bond motifs is 1. The summed E-state index contributed by atoms with van der Waals surface area (Å²) in [6.45, 7) is 1.94. The van der Waals surface area contributed by atoms with Crippen LogP contribution in [0, 0.1) is 0 Å².